The summed E-state index contributed by atoms with van der Waals surface area (Å²) in [4.78, 5) is 2.61. The lowest BCUT2D eigenvalue weighted by molar-refractivity contribution is 0.168. The fourth-order valence-electron chi connectivity index (χ4n) is 3.98. The number of nitrogens with zero attached hydrogens (tertiary/aromatic N) is 2. The van der Waals surface area contributed by atoms with Crippen molar-refractivity contribution in [2.75, 3.05) is 19.6 Å². The van der Waals surface area contributed by atoms with Gasteiger partial charge in [0.05, 0.1) is 6.07 Å². The van der Waals surface area contributed by atoms with Gasteiger partial charge in [-0.3, -0.25) is 5.32 Å². The first-order chi connectivity index (χ1) is 9.55. The molecule has 1 aliphatic heterocycles. The Bertz CT molecular complexity index is 339. The van der Waals surface area contributed by atoms with Gasteiger partial charge in [0.25, 0.3) is 0 Å². The topological polar surface area (TPSA) is 39.1 Å². The molecule has 2 atom stereocenters. The zero-order valence-electron chi connectivity index (χ0n) is 13.5. The van der Waals surface area contributed by atoms with Gasteiger partial charge in [0, 0.05) is 6.04 Å². The fraction of sp³-hybridized carbons (Fsp3) is 0.941. The Morgan fingerprint density at radius 3 is 2.60 bits per heavy atom. The first-order valence-corrected chi connectivity index (χ1v) is 8.47. The highest BCUT2D eigenvalue weighted by molar-refractivity contribution is 5.14. The van der Waals surface area contributed by atoms with Crippen molar-refractivity contribution in [1.29, 1.82) is 5.26 Å². The molecule has 2 aliphatic rings. The van der Waals surface area contributed by atoms with Crippen LogP contribution in [0, 0.1) is 23.2 Å². The molecule has 2 unspecified atom stereocenters. The van der Waals surface area contributed by atoms with Gasteiger partial charge in [0.2, 0.25) is 0 Å². The molecule has 0 aromatic carbocycles. The minimum atomic E-state index is -0.253. The maximum absolute atomic E-state index is 9.68. The van der Waals surface area contributed by atoms with Gasteiger partial charge in [-0.15, -0.1) is 0 Å². The molecule has 20 heavy (non-hydrogen) atoms. The van der Waals surface area contributed by atoms with Gasteiger partial charge >= 0.3 is 0 Å². The molecule has 114 valence electrons. The van der Waals surface area contributed by atoms with Crippen molar-refractivity contribution in [3.8, 4) is 6.07 Å². The average molecular weight is 277 g/mol. The largest absolute Gasteiger partial charge is 0.303 e. The van der Waals surface area contributed by atoms with Crippen LogP contribution in [0.4, 0.5) is 0 Å². The van der Waals surface area contributed by atoms with E-state index in [-0.39, 0.29) is 5.54 Å². The van der Waals surface area contributed by atoms with Crippen molar-refractivity contribution in [2.45, 2.75) is 70.9 Å². The van der Waals surface area contributed by atoms with Crippen molar-refractivity contribution in [2.24, 2.45) is 11.8 Å². The molecule has 0 amide bonds. The van der Waals surface area contributed by atoms with E-state index in [1.807, 2.05) is 0 Å². The Morgan fingerprint density at radius 1 is 1.30 bits per heavy atom. The molecule has 1 saturated carbocycles. The predicted octanol–water partition coefficient (Wildman–Crippen LogP) is 3.17. The molecule has 1 heterocycles. The predicted molar refractivity (Wildman–Crippen MR) is 83.4 cm³/mol. The van der Waals surface area contributed by atoms with Crippen LogP contribution in [-0.4, -0.2) is 36.1 Å². The highest BCUT2D eigenvalue weighted by Gasteiger charge is 2.43. The highest BCUT2D eigenvalue weighted by atomic mass is 15.1. The van der Waals surface area contributed by atoms with Crippen LogP contribution in [-0.2, 0) is 0 Å². The van der Waals surface area contributed by atoms with Crippen molar-refractivity contribution >= 4 is 0 Å². The Morgan fingerprint density at radius 2 is 2.00 bits per heavy atom. The molecule has 3 nitrogen and oxygen atoms in total. The number of hydrogen-bond acceptors (Lipinski definition) is 3. The van der Waals surface area contributed by atoms with Crippen LogP contribution < -0.4 is 5.32 Å². The molecule has 3 heteroatoms. The molecule has 0 aromatic heterocycles. The summed E-state index contributed by atoms with van der Waals surface area (Å²) in [7, 11) is 0. The number of likely N-dealkylation sites (tertiary alicyclic amines) is 1. The second kappa shape index (κ2) is 6.91. The highest BCUT2D eigenvalue weighted by Crippen LogP contribution is 2.38. The molecule has 0 bridgehead atoms. The minimum Gasteiger partial charge on any atom is -0.303 e. The van der Waals surface area contributed by atoms with Crippen molar-refractivity contribution < 1.29 is 0 Å². The van der Waals surface area contributed by atoms with Crippen LogP contribution in [0.25, 0.3) is 0 Å². The van der Waals surface area contributed by atoms with Crippen molar-refractivity contribution in [3.63, 3.8) is 0 Å². The number of rotatable bonds is 5. The van der Waals surface area contributed by atoms with Crippen LogP contribution in [0.1, 0.15) is 59.3 Å². The van der Waals surface area contributed by atoms with Gasteiger partial charge in [-0.05, 0) is 77.4 Å². The molecule has 1 saturated heterocycles. The third-order valence-electron chi connectivity index (χ3n) is 5.24. The van der Waals surface area contributed by atoms with Gasteiger partial charge in [0.1, 0.15) is 5.54 Å². The Labute approximate surface area is 124 Å². The minimum absolute atomic E-state index is 0.253. The number of nitrogens with one attached hydrogen (secondary N) is 1. The summed E-state index contributed by atoms with van der Waals surface area (Å²) in [6, 6.07) is 3.02. The van der Waals surface area contributed by atoms with Crippen LogP contribution >= 0.6 is 0 Å². The molecule has 1 aliphatic carbocycles. The van der Waals surface area contributed by atoms with E-state index in [9.17, 15) is 5.26 Å². The van der Waals surface area contributed by atoms with E-state index in [0.717, 1.165) is 12.3 Å². The standard InChI is InChI=1S/C17H31N3/c1-14(2)19-17(13-18)9-4-5-16(17)8-12-20-10-6-15(3)7-11-20/h14-16,19H,4-12H2,1-3H3. The second-order valence-electron chi connectivity index (χ2n) is 7.28. The van der Waals surface area contributed by atoms with Crippen LogP contribution in [0.3, 0.4) is 0 Å². The Hall–Kier alpha value is -0.590. The molecule has 0 radical (unpaired) electrons. The first-order valence-electron chi connectivity index (χ1n) is 8.47. The summed E-state index contributed by atoms with van der Waals surface area (Å²) in [6.07, 6.45) is 7.33. The lowest BCUT2D eigenvalue weighted by Gasteiger charge is -2.35. The van der Waals surface area contributed by atoms with E-state index < -0.39 is 0 Å². The SMILES string of the molecule is CC1CCN(CCC2CCCC2(C#N)NC(C)C)CC1. The van der Waals surface area contributed by atoms with E-state index >= 15 is 0 Å². The average Bonchev–Trinajstić information content (AvgIpc) is 2.81. The summed E-state index contributed by atoms with van der Waals surface area (Å²) in [6.45, 7) is 10.4. The molecule has 1 N–H and O–H groups in total. The van der Waals surface area contributed by atoms with Crippen molar-refractivity contribution in [3.05, 3.63) is 0 Å². The van der Waals surface area contributed by atoms with Gasteiger partial charge < -0.3 is 4.90 Å². The normalized spacial score (nSPS) is 32.6. The molecule has 2 fully saturated rings. The fourth-order valence-corrected chi connectivity index (χ4v) is 3.98. The summed E-state index contributed by atoms with van der Waals surface area (Å²) >= 11 is 0. The maximum Gasteiger partial charge on any atom is 0.109 e. The molecular formula is C17H31N3. The smallest absolute Gasteiger partial charge is 0.109 e. The van der Waals surface area contributed by atoms with Gasteiger partial charge in [-0.25, -0.2) is 0 Å². The lowest BCUT2D eigenvalue weighted by atomic mass is 9.85. The van der Waals surface area contributed by atoms with E-state index in [4.69, 9.17) is 0 Å². The number of hydrogen-bond donors (Lipinski definition) is 1. The molecule has 0 spiro atoms. The summed E-state index contributed by atoms with van der Waals surface area (Å²) in [5, 5.41) is 13.3. The van der Waals surface area contributed by atoms with Crippen LogP contribution in [0.2, 0.25) is 0 Å². The quantitative estimate of drug-likeness (QED) is 0.839. The van der Waals surface area contributed by atoms with Gasteiger partial charge in [-0.1, -0.05) is 13.3 Å². The first kappa shape index (κ1) is 15.8. The van der Waals surface area contributed by atoms with E-state index in [1.165, 1.54) is 51.7 Å². The van der Waals surface area contributed by atoms with Crippen LogP contribution in [0.5, 0.6) is 0 Å². The summed E-state index contributed by atoms with van der Waals surface area (Å²) < 4.78 is 0. The van der Waals surface area contributed by atoms with E-state index in [2.05, 4.69) is 37.1 Å². The zero-order chi connectivity index (χ0) is 14.6. The van der Waals surface area contributed by atoms with Crippen LogP contribution in [0.15, 0.2) is 0 Å². The van der Waals surface area contributed by atoms with E-state index in [0.29, 0.717) is 12.0 Å². The van der Waals surface area contributed by atoms with Gasteiger partial charge in [-0.2, -0.15) is 5.26 Å². The lowest BCUT2D eigenvalue weighted by Crippen LogP contribution is -2.51. The Balaban J connectivity index is 1.86. The number of piperidine rings is 1. The molecule has 0 aromatic rings. The molecular weight excluding hydrogens is 246 g/mol. The van der Waals surface area contributed by atoms with Crippen molar-refractivity contribution in [1.82, 2.24) is 10.2 Å². The maximum atomic E-state index is 9.68. The van der Waals surface area contributed by atoms with E-state index in [1.54, 1.807) is 0 Å². The molecule has 2 rings (SSSR count). The van der Waals surface area contributed by atoms with Gasteiger partial charge in [0.15, 0.2) is 0 Å². The third kappa shape index (κ3) is 3.74. The summed E-state index contributed by atoms with van der Waals surface area (Å²) in [5.41, 5.74) is -0.253. The monoisotopic (exact) mass is 277 g/mol. The Kier molecular flexibility index (Phi) is 5.46. The summed E-state index contributed by atoms with van der Waals surface area (Å²) in [5.74, 6) is 1.44. The second-order valence-corrected chi connectivity index (χ2v) is 7.28. The third-order valence-corrected chi connectivity index (χ3v) is 5.24. The zero-order valence-corrected chi connectivity index (χ0v) is 13.5. The number of nitriles is 1.